The number of hydrogen-bond donors (Lipinski definition) is 1. The van der Waals surface area contributed by atoms with E-state index in [1.165, 1.54) is 17.7 Å². The molecule has 1 aliphatic rings. The van der Waals surface area contributed by atoms with Gasteiger partial charge in [0.15, 0.2) is 5.82 Å². The number of nitrogens with zero attached hydrogens (tertiary/aromatic N) is 5. The van der Waals surface area contributed by atoms with Crippen molar-refractivity contribution in [1.82, 2.24) is 24.7 Å². The summed E-state index contributed by atoms with van der Waals surface area (Å²) >= 11 is 1.26. The Labute approximate surface area is 198 Å². The van der Waals surface area contributed by atoms with Crippen LogP contribution in [0, 0.1) is 11.7 Å². The number of benzene rings is 2. The predicted molar refractivity (Wildman–Crippen MR) is 129 cm³/mol. The molecule has 1 aliphatic heterocycles. The van der Waals surface area contributed by atoms with Crippen LogP contribution in [-0.2, 0) is 11.8 Å². The molecule has 0 amide bonds. The molecule has 3 aromatic heterocycles. The van der Waals surface area contributed by atoms with Crippen LogP contribution in [-0.4, -0.2) is 44.1 Å². The highest BCUT2D eigenvalue weighted by Gasteiger charge is 2.28. The Morgan fingerprint density at radius 1 is 1.18 bits per heavy atom. The summed E-state index contributed by atoms with van der Waals surface area (Å²) in [6.45, 7) is 3.37. The number of fused-ring (bicyclic) bond motifs is 2. The van der Waals surface area contributed by atoms with Crippen LogP contribution >= 0.6 is 11.3 Å². The lowest BCUT2D eigenvalue weighted by molar-refractivity contribution is -0.0773. The van der Waals surface area contributed by atoms with Gasteiger partial charge in [0, 0.05) is 24.7 Å². The number of aryl methyl sites for hydroxylation is 1. The summed E-state index contributed by atoms with van der Waals surface area (Å²) in [6.07, 6.45) is 5.13. The molecule has 8 nitrogen and oxygen atoms in total. The Kier molecular flexibility index (Phi) is 5.11. The average molecular weight is 477 g/mol. The van der Waals surface area contributed by atoms with Crippen LogP contribution in [0.2, 0.25) is 0 Å². The van der Waals surface area contributed by atoms with Crippen LogP contribution in [0.1, 0.15) is 6.92 Å². The number of halogens is 1. The SMILES string of the molecule is C[C@@H](Oc1cc(-c2cnn(C)c2)cc2ncnc(Nc3ccc4ncsc4c3F)c12)C1COC1. The van der Waals surface area contributed by atoms with Crippen molar-refractivity contribution in [2.75, 3.05) is 18.5 Å². The van der Waals surface area contributed by atoms with Gasteiger partial charge in [0.05, 0.1) is 51.7 Å². The average Bonchev–Trinajstić information content (AvgIpc) is 3.44. The van der Waals surface area contributed by atoms with Gasteiger partial charge in [0.1, 0.15) is 24.0 Å². The molecule has 4 heterocycles. The fraction of sp³-hybridized carbons (Fsp3) is 0.250. The molecule has 5 aromatic rings. The summed E-state index contributed by atoms with van der Waals surface area (Å²) in [5.74, 6) is 1.04. The molecule has 34 heavy (non-hydrogen) atoms. The first-order valence-corrected chi connectivity index (χ1v) is 11.8. The normalized spacial score (nSPS) is 14.9. The topological polar surface area (TPSA) is 87.0 Å². The van der Waals surface area contributed by atoms with Gasteiger partial charge in [-0.25, -0.2) is 19.3 Å². The molecule has 0 spiro atoms. The third kappa shape index (κ3) is 3.64. The van der Waals surface area contributed by atoms with Crippen molar-refractivity contribution >= 4 is 44.0 Å². The maximum absolute atomic E-state index is 15.2. The van der Waals surface area contributed by atoms with Crippen molar-refractivity contribution in [3.8, 4) is 16.9 Å². The predicted octanol–water partition coefficient (Wildman–Crippen LogP) is 4.94. The number of thiazole rings is 1. The van der Waals surface area contributed by atoms with E-state index in [2.05, 4.69) is 25.4 Å². The van der Waals surface area contributed by atoms with Crippen LogP contribution in [0.5, 0.6) is 5.75 Å². The van der Waals surface area contributed by atoms with Gasteiger partial charge in [0.2, 0.25) is 0 Å². The van der Waals surface area contributed by atoms with E-state index >= 15 is 4.39 Å². The van der Waals surface area contributed by atoms with Crippen molar-refractivity contribution in [2.24, 2.45) is 13.0 Å². The summed E-state index contributed by atoms with van der Waals surface area (Å²) in [4.78, 5) is 13.1. The molecule has 2 aromatic carbocycles. The lowest BCUT2D eigenvalue weighted by Gasteiger charge is -2.32. The molecule has 0 bridgehead atoms. The summed E-state index contributed by atoms with van der Waals surface area (Å²) < 4.78 is 29.2. The van der Waals surface area contributed by atoms with Crippen molar-refractivity contribution in [3.05, 3.63) is 54.3 Å². The molecule has 1 atom stereocenters. The monoisotopic (exact) mass is 476 g/mol. The van der Waals surface area contributed by atoms with E-state index < -0.39 is 0 Å². The standard InChI is InChI=1S/C24H21FN6O2S/c1-13(16-9-32-10-16)33-20-6-14(15-7-29-31(2)8-15)5-19-21(20)24(27-11-26-19)30-17-3-4-18-23(22(17)25)34-12-28-18/h3-8,11-13,16H,9-10H2,1-2H3,(H,26,27,30)/t13-/m1/s1. The maximum atomic E-state index is 15.2. The van der Waals surface area contributed by atoms with E-state index in [4.69, 9.17) is 9.47 Å². The zero-order valence-electron chi connectivity index (χ0n) is 18.5. The molecule has 6 rings (SSSR count). The highest BCUT2D eigenvalue weighted by atomic mass is 32.1. The third-order valence-corrected chi connectivity index (χ3v) is 6.91. The van der Waals surface area contributed by atoms with E-state index in [-0.39, 0.29) is 11.9 Å². The van der Waals surface area contributed by atoms with Gasteiger partial charge in [-0.15, -0.1) is 11.3 Å². The second-order valence-electron chi connectivity index (χ2n) is 8.37. The lowest BCUT2D eigenvalue weighted by Crippen LogP contribution is -2.39. The third-order valence-electron chi connectivity index (χ3n) is 6.07. The molecule has 172 valence electrons. The minimum Gasteiger partial charge on any atom is -0.489 e. The number of rotatable bonds is 6. The molecule has 1 saturated heterocycles. The van der Waals surface area contributed by atoms with Crippen molar-refractivity contribution in [2.45, 2.75) is 13.0 Å². The number of nitrogens with one attached hydrogen (secondary N) is 1. The highest BCUT2D eigenvalue weighted by Crippen LogP contribution is 2.38. The minimum atomic E-state index is -0.360. The summed E-state index contributed by atoms with van der Waals surface area (Å²) in [6, 6.07) is 7.39. The van der Waals surface area contributed by atoms with E-state index in [0.717, 1.165) is 11.1 Å². The van der Waals surface area contributed by atoms with Crippen molar-refractivity contribution < 1.29 is 13.9 Å². The highest BCUT2D eigenvalue weighted by molar-refractivity contribution is 7.16. The Balaban J connectivity index is 1.48. The minimum absolute atomic E-state index is 0.0700. The second-order valence-corrected chi connectivity index (χ2v) is 9.22. The van der Waals surface area contributed by atoms with Gasteiger partial charge in [0.25, 0.3) is 0 Å². The van der Waals surface area contributed by atoms with Crippen LogP contribution in [0.25, 0.3) is 32.2 Å². The molecule has 1 fully saturated rings. The molecular formula is C24H21FN6O2S. The summed E-state index contributed by atoms with van der Waals surface area (Å²) in [5, 5.41) is 8.14. The smallest absolute Gasteiger partial charge is 0.166 e. The fourth-order valence-corrected chi connectivity index (χ4v) is 4.75. The molecule has 10 heteroatoms. The number of aromatic nitrogens is 5. The van der Waals surface area contributed by atoms with E-state index in [1.54, 1.807) is 28.5 Å². The van der Waals surface area contributed by atoms with Gasteiger partial charge >= 0.3 is 0 Å². The van der Waals surface area contributed by atoms with Crippen molar-refractivity contribution in [1.29, 1.82) is 0 Å². The largest absolute Gasteiger partial charge is 0.489 e. The lowest BCUT2D eigenvalue weighted by atomic mass is 10.0. The van der Waals surface area contributed by atoms with Crippen molar-refractivity contribution in [3.63, 3.8) is 0 Å². The number of anilines is 2. The van der Waals surface area contributed by atoms with Crippen LogP contribution in [0.4, 0.5) is 15.9 Å². The molecule has 0 unspecified atom stereocenters. The van der Waals surface area contributed by atoms with Gasteiger partial charge < -0.3 is 14.8 Å². The van der Waals surface area contributed by atoms with Gasteiger partial charge in [-0.2, -0.15) is 5.10 Å². The zero-order chi connectivity index (χ0) is 23.2. The Bertz CT molecular complexity index is 1510. The molecular weight excluding hydrogens is 455 g/mol. The van der Waals surface area contributed by atoms with E-state index in [0.29, 0.717) is 57.5 Å². The van der Waals surface area contributed by atoms with Crippen LogP contribution < -0.4 is 10.1 Å². The van der Waals surface area contributed by atoms with E-state index in [9.17, 15) is 0 Å². The van der Waals surface area contributed by atoms with E-state index in [1.807, 2.05) is 32.3 Å². The van der Waals surface area contributed by atoms with Crippen LogP contribution in [0.3, 0.4) is 0 Å². The maximum Gasteiger partial charge on any atom is 0.166 e. The van der Waals surface area contributed by atoms with Gasteiger partial charge in [-0.1, -0.05) is 0 Å². The van der Waals surface area contributed by atoms with Gasteiger partial charge in [-0.3, -0.25) is 4.68 Å². The first kappa shape index (κ1) is 20.9. The molecule has 0 saturated carbocycles. The Morgan fingerprint density at radius 3 is 2.82 bits per heavy atom. The van der Waals surface area contributed by atoms with Crippen LogP contribution in [0.15, 0.2) is 48.5 Å². The first-order valence-electron chi connectivity index (χ1n) is 10.9. The first-order chi connectivity index (χ1) is 16.6. The fourth-order valence-electron chi connectivity index (χ4n) is 4.02. The Morgan fingerprint density at radius 2 is 2.06 bits per heavy atom. The number of hydrogen-bond acceptors (Lipinski definition) is 8. The summed E-state index contributed by atoms with van der Waals surface area (Å²) in [7, 11) is 1.87. The number of ether oxygens (including phenoxy) is 2. The molecule has 0 radical (unpaired) electrons. The van der Waals surface area contributed by atoms with Gasteiger partial charge in [-0.05, 0) is 36.8 Å². The molecule has 0 aliphatic carbocycles. The summed E-state index contributed by atoms with van der Waals surface area (Å²) in [5.41, 5.74) is 5.14. The molecule has 1 N–H and O–H groups in total. The zero-order valence-corrected chi connectivity index (χ0v) is 19.3. The Hall–Kier alpha value is -3.63. The second kappa shape index (κ2) is 8.30. The quantitative estimate of drug-likeness (QED) is 0.372.